The second kappa shape index (κ2) is 7.84. The van der Waals surface area contributed by atoms with Crippen LogP contribution in [0.1, 0.15) is 56.9 Å². The highest BCUT2D eigenvalue weighted by Crippen LogP contribution is 2.71. The smallest absolute Gasteiger partial charge is 0.122 e. The SMILES string of the molecule is CC(C)(C)[C@]1(O)C2=C3N=C(c4ccccc4)S[C@@]3(C)[C@]3(C)SC(c4ccccc4)=NC3=C2c2ccccc21. The van der Waals surface area contributed by atoms with Crippen molar-refractivity contribution in [1.29, 1.82) is 0 Å². The summed E-state index contributed by atoms with van der Waals surface area (Å²) in [5, 5.41) is 14.9. The van der Waals surface area contributed by atoms with Gasteiger partial charge in [-0.3, -0.25) is 0 Å². The van der Waals surface area contributed by atoms with E-state index in [0.29, 0.717) is 0 Å². The zero-order valence-electron chi connectivity index (χ0n) is 22.2. The molecule has 2 aliphatic carbocycles. The van der Waals surface area contributed by atoms with Crippen molar-refractivity contribution in [3.8, 4) is 0 Å². The van der Waals surface area contributed by atoms with Crippen LogP contribution in [0.2, 0.25) is 0 Å². The first-order valence-electron chi connectivity index (χ1n) is 13.1. The third kappa shape index (κ3) is 2.93. The van der Waals surface area contributed by atoms with E-state index in [9.17, 15) is 5.11 Å². The first-order valence-corrected chi connectivity index (χ1v) is 14.7. The van der Waals surface area contributed by atoms with Crippen LogP contribution in [0.3, 0.4) is 0 Å². The molecule has 0 radical (unpaired) electrons. The lowest BCUT2D eigenvalue weighted by molar-refractivity contribution is -0.0234. The third-order valence-corrected chi connectivity index (χ3v) is 11.8. The Balaban J connectivity index is 1.59. The molecule has 0 unspecified atom stereocenters. The van der Waals surface area contributed by atoms with E-state index in [2.05, 4.69) is 101 Å². The second-order valence-corrected chi connectivity index (χ2v) is 14.6. The maximum absolute atomic E-state index is 12.9. The summed E-state index contributed by atoms with van der Waals surface area (Å²) in [6, 6.07) is 29.2. The molecule has 7 rings (SSSR count). The molecule has 0 amide bonds. The summed E-state index contributed by atoms with van der Waals surface area (Å²) < 4.78 is -0.814. The number of benzene rings is 3. The Bertz CT molecular complexity index is 1630. The van der Waals surface area contributed by atoms with Gasteiger partial charge in [-0.25, -0.2) is 9.98 Å². The van der Waals surface area contributed by atoms with Crippen molar-refractivity contribution in [1.82, 2.24) is 0 Å². The zero-order chi connectivity index (χ0) is 26.5. The van der Waals surface area contributed by atoms with Gasteiger partial charge in [0.1, 0.15) is 15.7 Å². The van der Waals surface area contributed by atoms with Crippen molar-refractivity contribution in [2.24, 2.45) is 15.4 Å². The monoisotopic (exact) mass is 534 g/mol. The molecule has 3 nitrogen and oxygen atoms in total. The topological polar surface area (TPSA) is 45.0 Å². The number of aliphatic imine (C=N–C) groups is 2. The molecule has 4 aliphatic rings. The van der Waals surface area contributed by atoms with Gasteiger partial charge in [0.15, 0.2) is 0 Å². The molecule has 38 heavy (non-hydrogen) atoms. The van der Waals surface area contributed by atoms with Gasteiger partial charge in [-0.15, -0.1) is 0 Å². The first-order chi connectivity index (χ1) is 18.1. The zero-order valence-corrected chi connectivity index (χ0v) is 23.9. The van der Waals surface area contributed by atoms with Gasteiger partial charge in [0.25, 0.3) is 0 Å². The van der Waals surface area contributed by atoms with Crippen LogP contribution >= 0.6 is 23.5 Å². The molecule has 0 saturated heterocycles. The largest absolute Gasteiger partial charge is 0.380 e. The van der Waals surface area contributed by atoms with Gasteiger partial charge in [-0.2, -0.15) is 0 Å². The van der Waals surface area contributed by atoms with Gasteiger partial charge in [0.05, 0.1) is 20.9 Å². The van der Waals surface area contributed by atoms with Crippen LogP contribution in [0.4, 0.5) is 0 Å². The van der Waals surface area contributed by atoms with E-state index in [1.807, 2.05) is 41.7 Å². The Morgan fingerprint density at radius 2 is 1.13 bits per heavy atom. The quantitative estimate of drug-likeness (QED) is 0.365. The lowest BCUT2D eigenvalue weighted by atomic mass is 9.66. The van der Waals surface area contributed by atoms with E-state index in [-0.39, 0.29) is 4.75 Å². The molecule has 3 aromatic carbocycles. The summed E-state index contributed by atoms with van der Waals surface area (Å²) >= 11 is 3.65. The number of thioether (sulfide) groups is 2. The maximum Gasteiger partial charge on any atom is 0.122 e. The van der Waals surface area contributed by atoms with Crippen LogP contribution in [0, 0.1) is 5.41 Å². The van der Waals surface area contributed by atoms with Crippen LogP contribution in [-0.4, -0.2) is 24.7 Å². The molecule has 1 N–H and O–H groups in total. The van der Waals surface area contributed by atoms with E-state index < -0.39 is 15.8 Å². The fourth-order valence-corrected chi connectivity index (χ4v) is 9.25. The Kier molecular flexibility index (Phi) is 4.99. The summed E-state index contributed by atoms with van der Waals surface area (Å²) in [4.78, 5) is 10.8. The molecule has 0 fully saturated rings. The molecule has 5 heteroatoms. The highest BCUT2D eigenvalue weighted by molar-refractivity contribution is 8.20. The Labute approximate surface area is 232 Å². The minimum Gasteiger partial charge on any atom is -0.380 e. The number of fused-ring (bicyclic) bond motifs is 6. The average Bonchev–Trinajstić information content (AvgIpc) is 3.55. The predicted octanol–water partition coefficient (Wildman–Crippen LogP) is 7.82. The molecule has 2 heterocycles. The average molecular weight is 535 g/mol. The van der Waals surface area contributed by atoms with E-state index in [4.69, 9.17) is 9.98 Å². The van der Waals surface area contributed by atoms with E-state index in [0.717, 1.165) is 54.9 Å². The number of hydrogen-bond donors (Lipinski definition) is 1. The Morgan fingerprint density at radius 1 is 0.658 bits per heavy atom. The van der Waals surface area contributed by atoms with Crippen LogP contribution < -0.4 is 0 Å². The second-order valence-electron chi connectivity index (χ2n) is 11.8. The van der Waals surface area contributed by atoms with Gasteiger partial charge < -0.3 is 5.11 Å². The molecule has 0 saturated carbocycles. The maximum atomic E-state index is 12.9. The van der Waals surface area contributed by atoms with Crippen LogP contribution in [0.5, 0.6) is 0 Å². The molecule has 0 spiro atoms. The summed E-state index contributed by atoms with van der Waals surface area (Å²) in [7, 11) is 0. The molecular weight excluding hydrogens is 505 g/mol. The third-order valence-electron chi connectivity index (χ3n) is 8.64. The van der Waals surface area contributed by atoms with Crippen molar-refractivity contribution in [3.05, 3.63) is 124 Å². The predicted molar refractivity (Wildman–Crippen MR) is 162 cm³/mol. The van der Waals surface area contributed by atoms with Crippen LogP contribution in [0.15, 0.2) is 112 Å². The summed E-state index contributed by atoms with van der Waals surface area (Å²) in [6.45, 7) is 11.0. The number of aliphatic hydroxyl groups is 1. The number of rotatable bonds is 2. The van der Waals surface area contributed by atoms with Gasteiger partial charge >= 0.3 is 0 Å². The number of hydrogen-bond acceptors (Lipinski definition) is 5. The van der Waals surface area contributed by atoms with Gasteiger partial charge in [-0.05, 0) is 30.4 Å². The Hall–Kier alpha value is -2.86. The standard InChI is InChI=1S/C33H30N2OS2/c1-30(2,3)33(36)23-19-13-12-18-22(23)24-25(33)27-32(5,38-29(35-27)21-16-10-7-11-17-21)31(4)26(24)34-28(37-31)20-14-8-6-9-15-20/h6-19,36H,1-5H3/t31-,32-,33-/m1/s1. The first kappa shape index (κ1) is 24.2. The molecular formula is C33H30N2OS2. The van der Waals surface area contributed by atoms with Crippen LogP contribution in [-0.2, 0) is 5.60 Å². The van der Waals surface area contributed by atoms with E-state index in [1.165, 1.54) is 0 Å². The lowest BCUT2D eigenvalue weighted by Gasteiger charge is -2.47. The fourth-order valence-electron chi connectivity index (χ4n) is 6.37. The normalized spacial score (nSPS) is 29.5. The van der Waals surface area contributed by atoms with Crippen molar-refractivity contribution in [3.63, 3.8) is 0 Å². The van der Waals surface area contributed by atoms with Crippen molar-refractivity contribution in [2.45, 2.75) is 49.7 Å². The molecule has 3 aromatic rings. The molecule has 2 aliphatic heterocycles. The summed E-state index contributed by atoms with van der Waals surface area (Å²) in [5.74, 6) is 0. The summed E-state index contributed by atoms with van der Waals surface area (Å²) in [5.41, 5.74) is 6.61. The lowest BCUT2D eigenvalue weighted by Crippen LogP contribution is -2.50. The van der Waals surface area contributed by atoms with Gasteiger partial charge in [0.2, 0.25) is 0 Å². The molecule has 190 valence electrons. The van der Waals surface area contributed by atoms with Gasteiger partial charge in [0, 0.05) is 22.3 Å². The summed E-state index contributed by atoms with van der Waals surface area (Å²) in [6.07, 6.45) is 0. The molecule has 0 aromatic heterocycles. The molecule has 3 atom stereocenters. The highest BCUT2D eigenvalue weighted by atomic mass is 32.2. The Morgan fingerprint density at radius 3 is 1.68 bits per heavy atom. The molecule has 0 bridgehead atoms. The fraction of sp³-hybridized carbons (Fsp3) is 0.273. The van der Waals surface area contributed by atoms with Crippen molar-refractivity contribution >= 4 is 39.2 Å². The highest BCUT2D eigenvalue weighted by Gasteiger charge is 2.66. The van der Waals surface area contributed by atoms with Gasteiger partial charge in [-0.1, -0.05) is 129 Å². The van der Waals surface area contributed by atoms with Crippen LogP contribution in [0.25, 0.3) is 5.57 Å². The van der Waals surface area contributed by atoms with E-state index >= 15 is 0 Å². The minimum atomic E-state index is -1.20. The van der Waals surface area contributed by atoms with Crippen molar-refractivity contribution < 1.29 is 5.11 Å². The minimum absolute atomic E-state index is 0.382. The number of nitrogens with zero attached hydrogens (tertiary/aromatic N) is 2. The van der Waals surface area contributed by atoms with E-state index in [1.54, 1.807) is 0 Å². The van der Waals surface area contributed by atoms with Crippen molar-refractivity contribution in [2.75, 3.05) is 0 Å².